The van der Waals surface area contributed by atoms with Gasteiger partial charge in [-0.2, -0.15) is 0 Å². The molecule has 0 heterocycles. The monoisotopic (exact) mass is 336 g/mol. The smallest absolute Gasteiger partial charge is 0.171 e. The molecule has 4 nitrogen and oxygen atoms in total. The van der Waals surface area contributed by atoms with Gasteiger partial charge in [0.05, 0.1) is 13.2 Å². The topological polar surface area (TPSA) is 42.5 Å². The Labute approximate surface area is 144 Å². The number of ether oxygens (including phenoxy) is 2. The summed E-state index contributed by atoms with van der Waals surface area (Å²) in [5, 5.41) is 7.40. The lowest BCUT2D eigenvalue weighted by Crippen LogP contribution is -2.43. The maximum atomic E-state index is 5.65. The fourth-order valence-electron chi connectivity index (χ4n) is 3.00. The van der Waals surface area contributed by atoms with Gasteiger partial charge in [0.1, 0.15) is 0 Å². The van der Waals surface area contributed by atoms with Crippen molar-refractivity contribution in [2.24, 2.45) is 5.92 Å². The molecule has 2 atom stereocenters. The number of anilines is 1. The Bertz CT molecular complexity index is 522. The lowest BCUT2D eigenvalue weighted by atomic mass is 9.86. The van der Waals surface area contributed by atoms with Crippen molar-refractivity contribution in [3.63, 3.8) is 0 Å². The molecule has 1 aliphatic rings. The number of rotatable bonds is 6. The Balaban J connectivity index is 1.98. The van der Waals surface area contributed by atoms with Crippen molar-refractivity contribution in [1.82, 2.24) is 5.32 Å². The van der Waals surface area contributed by atoms with Gasteiger partial charge in [-0.15, -0.1) is 0 Å². The van der Waals surface area contributed by atoms with Gasteiger partial charge in [-0.1, -0.05) is 19.8 Å². The van der Waals surface area contributed by atoms with Crippen LogP contribution < -0.4 is 20.1 Å². The second-order valence-corrected chi connectivity index (χ2v) is 6.40. The number of nitrogens with one attached hydrogen (secondary N) is 2. The summed E-state index contributed by atoms with van der Waals surface area (Å²) in [5.74, 6) is 2.18. The minimum Gasteiger partial charge on any atom is -0.490 e. The van der Waals surface area contributed by atoms with E-state index in [2.05, 4.69) is 17.6 Å². The standard InChI is InChI=1S/C18H28N2O2S/c1-4-21-16-11-10-14(12-17(16)22-5-2)19-18(23)20-15-9-7-6-8-13(15)3/h10-13,15H,4-9H2,1-3H3,(H2,19,20,23)/t13-,15-/m1/s1. The fourth-order valence-corrected chi connectivity index (χ4v) is 3.26. The first kappa shape index (κ1) is 17.9. The summed E-state index contributed by atoms with van der Waals surface area (Å²) >= 11 is 5.47. The third-order valence-electron chi connectivity index (χ3n) is 4.23. The van der Waals surface area contributed by atoms with Crippen LogP contribution in [0.4, 0.5) is 5.69 Å². The minimum atomic E-state index is 0.470. The van der Waals surface area contributed by atoms with Gasteiger partial charge in [0.15, 0.2) is 16.6 Å². The van der Waals surface area contributed by atoms with Crippen molar-refractivity contribution in [2.45, 2.75) is 52.5 Å². The van der Waals surface area contributed by atoms with Gasteiger partial charge in [-0.3, -0.25) is 0 Å². The van der Waals surface area contributed by atoms with E-state index in [4.69, 9.17) is 21.7 Å². The molecule has 1 aliphatic carbocycles. The third-order valence-corrected chi connectivity index (χ3v) is 4.45. The Morgan fingerprint density at radius 2 is 1.83 bits per heavy atom. The SMILES string of the molecule is CCOc1ccc(NC(=S)N[C@@H]2CCCC[C@H]2C)cc1OCC. The molecule has 2 rings (SSSR count). The third kappa shape index (κ3) is 5.27. The van der Waals surface area contributed by atoms with Crippen LogP contribution in [0, 0.1) is 5.92 Å². The Morgan fingerprint density at radius 1 is 1.13 bits per heavy atom. The number of benzene rings is 1. The second-order valence-electron chi connectivity index (χ2n) is 5.99. The van der Waals surface area contributed by atoms with E-state index in [0.717, 1.165) is 17.2 Å². The first-order chi connectivity index (χ1) is 11.1. The Kier molecular flexibility index (Phi) is 6.96. The molecule has 0 aromatic heterocycles. The van der Waals surface area contributed by atoms with Gasteiger partial charge in [0, 0.05) is 17.8 Å². The number of thiocarbonyl (C=S) groups is 1. The zero-order chi connectivity index (χ0) is 16.7. The first-order valence-corrected chi connectivity index (χ1v) is 9.02. The highest BCUT2D eigenvalue weighted by molar-refractivity contribution is 7.80. The van der Waals surface area contributed by atoms with E-state index in [1.165, 1.54) is 25.7 Å². The summed E-state index contributed by atoms with van der Waals surface area (Å²) in [6.07, 6.45) is 5.08. The summed E-state index contributed by atoms with van der Waals surface area (Å²) in [6, 6.07) is 6.29. The molecule has 1 aromatic rings. The number of hydrogen-bond acceptors (Lipinski definition) is 3. The van der Waals surface area contributed by atoms with E-state index in [9.17, 15) is 0 Å². The minimum absolute atomic E-state index is 0.470. The van der Waals surface area contributed by atoms with Gasteiger partial charge < -0.3 is 20.1 Å². The van der Waals surface area contributed by atoms with E-state index in [1.54, 1.807) is 0 Å². The van der Waals surface area contributed by atoms with E-state index >= 15 is 0 Å². The van der Waals surface area contributed by atoms with Crippen molar-refractivity contribution in [2.75, 3.05) is 18.5 Å². The molecule has 0 spiro atoms. The average Bonchev–Trinajstić information content (AvgIpc) is 2.52. The summed E-state index contributed by atoms with van der Waals surface area (Å²) in [6.45, 7) is 7.44. The molecule has 1 fully saturated rings. The van der Waals surface area contributed by atoms with Crippen molar-refractivity contribution in [3.8, 4) is 11.5 Å². The van der Waals surface area contributed by atoms with Crippen LogP contribution >= 0.6 is 12.2 Å². The molecule has 2 N–H and O–H groups in total. The number of hydrogen-bond donors (Lipinski definition) is 2. The van der Waals surface area contributed by atoms with Crippen LogP contribution in [0.3, 0.4) is 0 Å². The van der Waals surface area contributed by atoms with Gasteiger partial charge in [-0.25, -0.2) is 0 Å². The van der Waals surface area contributed by atoms with Crippen molar-refractivity contribution in [1.29, 1.82) is 0 Å². The van der Waals surface area contributed by atoms with Crippen molar-refractivity contribution in [3.05, 3.63) is 18.2 Å². The first-order valence-electron chi connectivity index (χ1n) is 8.61. The molecule has 0 unspecified atom stereocenters. The van der Waals surface area contributed by atoms with Gasteiger partial charge >= 0.3 is 0 Å². The summed E-state index contributed by atoms with van der Waals surface area (Å²) in [5.41, 5.74) is 0.915. The molecule has 1 saturated carbocycles. The van der Waals surface area contributed by atoms with Gasteiger partial charge in [0.2, 0.25) is 0 Å². The highest BCUT2D eigenvalue weighted by atomic mass is 32.1. The predicted molar refractivity (Wildman–Crippen MR) is 99.6 cm³/mol. The van der Waals surface area contributed by atoms with E-state index in [1.807, 2.05) is 32.0 Å². The molecule has 5 heteroatoms. The van der Waals surface area contributed by atoms with Crippen LogP contribution in [0.2, 0.25) is 0 Å². The zero-order valence-electron chi connectivity index (χ0n) is 14.4. The molecule has 0 bridgehead atoms. The van der Waals surface area contributed by atoms with Crippen LogP contribution in [-0.2, 0) is 0 Å². The molecular weight excluding hydrogens is 308 g/mol. The maximum Gasteiger partial charge on any atom is 0.171 e. The van der Waals surface area contributed by atoms with Crippen LogP contribution in [0.1, 0.15) is 46.5 Å². The Morgan fingerprint density at radius 3 is 2.52 bits per heavy atom. The molecule has 0 radical (unpaired) electrons. The van der Waals surface area contributed by atoms with Crippen LogP contribution in [0.5, 0.6) is 11.5 Å². The predicted octanol–water partition coefficient (Wildman–Crippen LogP) is 4.35. The maximum absolute atomic E-state index is 5.65. The lowest BCUT2D eigenvalue weighted by Gasteiger charge is -2.30. The van der Waals surface area contributed by atoms with E-state index in [-0.39, 0.29) is 0 Å². The highest BCUT2D eigenvalue weighted by Crippen LogP contribution is 2.30. The molecule has 0 saturated heterocycles. The summed E-state index contributed by atoms with van der Waals surface area (Å²) in [7, 11) is 0. The lowest BCUT2D eigenvalue weighted by molar-refractivity contribution is 0.288. The van der Waals surface area contributed by atoms with Gasteiger partial charge in [-0.05, 0) is 57.0 Å². The fraction of sp³-hybridized carbons (Fsp3) is 0.611. The quantitative estimate of drug-likeness (QED) is 0.756. The second kappa shape index (κ2) is 8.96. The summed E-state index contributed by atoms with van der Waals surface area (Å²) in [4.78, 5) is 0. The molecule has 128 valence electrons. The highest BCUT2D eigenvalue weighted by Gasteiger charge is 2.21. The average molecular weight is 337 g/mol. The van der Waals surface area contributed by atoms with Crippen molar-refractivity contribution >= 4 is 23.0 Å². The summed E-state index contributed by atoms with van der Waals surface area (Å²) < 4.78 is 11.2. The van der Waals surface area contributed by atoms with E-state index < -0.39 is 0 Å². The van der Waals surface area contributed by atoms with Gasteiger partial charge in [0.25, 0.3) is 0 Å². The molecule has 0 aliphatic heterocycles. The molecule has 1 aromatic carbocycles. The van der Waals surface area contributed by atoms with E-state index in [0.29, 0.717) is 30.3 Å². The van der Waals surface area contributed by atoms with Crippen LogP contribution in [0.25, 0.3) is 0 Å². The normalized spacial score (nSPS) is 20.7. The van der Waals surface area contributed by atoms with Crippen molar-refractivity contribution < 1.29 is 9.47 Å². The van der Waals surface area contributed by atoms with Crippen LogP contribution in [0.15, 0.2) is 18.2 Å². The zero-order valence-corrected chi connectivity index (χ0v) is 15.2. The molecule has 0 amide bonds. The Hall–Kier alpha value is -1.49. The van der Waals surface area contributed by atoms with Crippen LogP contribution in [-0.4, -0.2) is 24.4 Å². The largest absolute Gasteiger partial charge is 0.490 e. The molecular formula is C18H28N2O2S. The molecule has 23 heavy (non-hydrogen) atoms.